The minimum absolute atomic E-state index is 0.145. The van der Waals surface area contributed by atoms with E-state index in [2.05, 4.69) is 10.2 Å². The maximum absolute atomic E-state index is 12.7. The fourth-order valence-electron chi connectivity index (χ4n) is 2.97. The Morgan fingerprint density at radius 1 is 1.04 bits per heavy atom. The molecule has 1 unspecified atom stereocenters. The number of benzene rings is 2. The molecule has 0 aromatic heterocycles. The normalized spacial score (nSPS) is 17.0. The van der Waals surface area contributed by atoms with E-state index in [1.807, 2.05) is 72.6 Å². The van der Waals surface area contributed by atoms with Gasteiger partial charge in [0.05, 0.1) is 0 Å². The van der Waals surface area contributed by atoms with Crippen LogP contribution in [0.15, 0.2) is 60.7 Å². The molecule has 120 valence electrons. The van der Waals surface area contributed by atoms with Crippen LogP contribution in [0.25, 0.3) is 0 Å². The van der Waals surface area contributed by atoms with Gasteiger partial charge in [0.1, 0.15) is 6.54 Å². The van der Waals surface area contributed by atoms with Crippen LogP contribution in [0.4, 0.5) is 11.4 Å². The minimum Gasteiger partial charge on any atom is -0.340 e. The average molecular weight is 309 g/mol. The van der Waals surface area contributed by atoms with Gasteiger partial charge in [0.25, 0.3) is 0 Å². The maximum atomic E-state index is 12.7. The SMILES string of the molecule is CN(C(=O)CN(c1ccccc1)c1ccccc1)C1CCNC1. The Kier molecular flexibility index (Phi) is 4.93. The van der Waals surface area contributed by atoms with Crippen molar-refractivity contribution in [2.45, 2.75) is 12.5 Å². The number of carbonyl (C=O) groups is 1. The average Bonchev–Trinajstić information content (AvgIpc) is 3.15. The van der Waals surface area contributed by atoms with Crippen molar-refractivity contribution in [2.24, 2.45) is 0 Å². The summed E-state index contributed by atoms with van der Waals surface area (Å²) in [5, 5.41) is 3.32. The van der Waals surface area contributed by atoms with Crippen LogP contribution < -0.4 is 10.2 Å². The summed E-state index contributed by atoms with van der Waals surface area (Å²) in [6, 6.07) is 20.4. The number of para-hydroxylation sites is 2. The highest BCUT2D eigenvalue weighted by Crippen LogP contribution is 2.25. The third-order valence-electron chi connectivity index (χ3n) is 4.40. The summed E-state index contributed by atoms with van der Waals surface area (Å²) >= 11 is 0. The van der Waals surface area contributed by atoms with Gasteiger partial charge in [-0.1, -0.05) is 36.4 Å². The Balaban J connectivity index is 1.80. The first-order valence-electron chi connectivity index (χ1n) is 8.10. The van der Waals surface area contributed by atoms with Crippen LogP contribution in [0.5, 0.6) is 0 Å². The lowest BCUT2D eigenvalue weighted by Crippen LogP contribution is -2.43. The largest absolute Gasteiger partial charge is 0.340 e. The molecule has 1 aliphatic heterocycles. The summed E-state index contributed by atoms with van der Waals surface area (Å²) in [5.74, 6) is 0.145. The van der Waals surface area contributed by atoms with E-state index in [4.69, 9.17) is 0 Å². The van der Waals surface area contributed by atoms with Gasteiger partial charge < -0.3 is 15.1 Å². The van der Waals surface area contributed by atoms with Gasteiger partial charge in [-0.2, -0.15) is 0 Å². The smallest absolute Gasteiger partial charge is 0.242 e. The fraction of sp³-hybridized carbons (Fsp3) is 0.316. The summed E-state index contributed by atoms with van der Waals surface area (Å²) in [7, 11) is 1.91. The molecule has 2 aromatic rings. The summed E-state index contributed by atoms with van der Waals surface area (Å²) < 4.78 is 0. The Bertz CT molecular complexity index is 584. The van der Waals surface area contributed by atoms with E-state index in [1.165, 1.54) is 0 Å². The third-order valence-corrected chi connectivity index (χ3v) is 4.40. The molecule has 1 atom stereocenters. The van der Waals surface area contributed by atoms with Gasteiger partial charge in [-0.3, -0.25) is 4.79 Å². The van der Waals surface area contributed by atoms with Crippen LogP contribution in [0.3, 0.4) is 0 Å². The van der Waals surface area contributed by atoms with Crippen LogP contribution in [0, 0.1) is 0 Å². The number of anilines is 2. The number of likely N-dealkylation sites (N-methyl/N-ethyl adjacent to an activating group) is 1. The number of nitrogens with zero attached hydrogens (tertiary/aromatic N) is 2. The van der Waals surface area contributed by atoms with Crippen molar-refractivity contribution >= 4 is 17.3 Å². The zero-order valence-corrected chi connectivity index (χ0v) is 13.5. The number of nitrogens with one attached hydrogen (secondary N) is 1. The van der Waals surface area contributed by atoms with Crippen molar-refractivity contribution < 1.29 is 4.79 Å². The van der Waals surface area contributed by atoms with Gasteiger partial charge >= 0.3 is 0 Å². The summed E-state index contributed by atoms with van der Waals surface area (Å²) in [6.45, 7) is 2.23. The van der Waals surface area contributed by atoms with Gasteiger partial charge in [-0.25, -0.2) is 0 Å². The third kappa shape index (κ3) is 3.71. The maximum Gasteiger partial charge on any atom is 0.242 e. The lowest BCUT2D eigenvalue weighted by atomic mass is 10.2. The van der Waals surface area contributed by atoms with Gasteiger partial charge in [-0.05, 0) is 37.2 Å². The molecule has 1 amide bonds. The molecule has 2 aromatic carbocycles. The monoisotopic (exact) mass is 309 g/mol. The van der Waals surface area contributed by atoms with Crippen molar-refractivity contribution in [3.63, 3.8) is 0 Å². The summed E-state index contributed by atoms with van der Waals surface area (Å²) in [6.07, 6.45) is 1.03. The standard InChI is InChI=1S/C19H23N3O/c1-21(18-12-13-20-14-18)19(23)15-22(16-8-4-2-5-9-16)17-10-6-3-7-11-17/h2-11,18,20H,12-15H2,1H3. The lowest BCUT2D eigenvalue weighted by Gasteiger charge is -2.29. The van der Waals surface area contributed by atoms with E-state index >= 15 is 0 Å². The van der Waals surface area contributed by atoms with Crippen LogP contribution in [-0.4, -0.2) is 43.5 Å². The van der Waals surface area contributed by atoms with Crippen molar-refractivity contribution in [1.82, 2.24) is 10.2 Å². The van der Waals surface area contributed by atoms with E-state index in [9.17, 15) is 4.79 Å². The first kappa shape index (κ1) is 15.6. The molecule has 0 radical (unpaired) electrons. The molecule has 3 rings (SSSR count). The molecular weight excluding hydrogens is 286 g/mol. The number of rotatable bonds is 5. The Morgan fingerprint density at radius 2 is 1.61 bits per heavy atom. The molecule has 1 N–H and O–H groups in total. The van der Waals surface area contributed by atoms with E-state index in [-0.39, 0.29) is 5.91 Å². The number of hydrogen-bond donors (Lipinski definition) is 1. The predicted octanol–water partition coefficient (Wildman–Crippen LogP) is 2.65. The zero-order chi connectivity index (χ0) is 16.1. The molecule has 1 aliphatic rings. The molecule has 0 bridgehead atoms. The first-order chi connectivity index (χ1) is 11.3. The van der Waals surface area contributed by atoms with Crippen molar-refractivity contribution in [3.05, 3.63) is 60.7 Å². The van der Waals surface area contributed by atoms with E-state index < -0.39 is 0 Å². The van der Waals surface area contributed by atoms with E-state index in [1.54, 1.807) is 0 Å². The Morgan fingerprint density at radius 3 is 2.09 bits per heavy atom. The number of carbonyl (C=O) groups excluding carboxylic acids is 1. The van der Waals surface area contributed by atoms with Gasteiger partial charge in [0.2, 0.25) is 5.91 Å². The van der Waals surface area contributed by atoms with Crippen LogP contribution in [-0.2, 0) is 4.79 Å². The second-order valence-electron chi connectivity index (χ2n) is 5.91. The highest BCUT2D eigenvalue weighted by Gasteiger charge is 2.25. The topological polar surface area (TPSA) is 35.6 Å². The summed E-state index contributed by atoms with van der Waals surface area (Å²) in [5.41, 5.74) is 2.06. The molecular formula is C19H23N3O. The highest BCUT2D eigenvalue weighted by atomic mass is 16.2. The molecule has 4 heteroatoms. The minimum atomic E-state index is 0.145. The van der Waals surface area contributed by atoms with Crippen LogP contribution in [0.1, 0.15) is 6.42 Å². The Hall–Kier alpha value is -2.33. The molecule has 4 nitrogen and oxygen atoms in total. The quantitative estimate of drug-likeness (QED) is 0.922. The van der Waals surface area contributed by atoms with Crippen LogP contribution in [0.2, 0.25) is 0 Å². The number of hydrogen-bond acceptors (Lipinski definition) is 3. The second-order valence-corrected chi connectivity index (χ2v) is 5.91. The molecule has 1 heterocycles. The summed E-state index contributed by atoms with van der Waals surface area (Å²) in [4.78, 5) is 16.7. The van der Waals surface area contributed by atoms with Crippen molar-refractivity contribution in [2.75, 3.05) is 31.6 Å². The van der Waals surface area contributed by atoms with Crippen molar-refractivity contribution in [3.8, 4) is 0 Å². The van der Waals surface area contributed by atoms with Gasteiger partial charge in [0.15, 0.2) is 0 Å². The molecule has 1 saturated heterocycles. The zero-order valence-electron chi connectivity index (χ0n) is 13.5. The molecule has 0 spiro atoms. The predicted molar refractivity (Wildman–Crippen MR) is 93.9 cm³/mol. The fourth-order valence-corrected chi connectivity index (χ4v) is 2.97. The molecule has 1 fully saturated rings. The van der Waals surface area contributed by atoms with Crippen LogP contribution >= 0.6 is 0 Å². The molecule has 0 saturated carbocycles. The van der Waals surface area contributed by atoms with E-state index in [0.717, 1.165) is 30.9 Å². The van der Waals surface area contributed by atoms with Gasteiger partial charge in [-0.15, -0.1) is 0 Å². The molecule has 23 heavy (non-hydrogen) atoms. The first-order valence-corrected chi connectivity index (χ1v) is 8.10. The number of amides is 1. The van der Waals surface area contributed by atoms with Gasteiger partial charge in [0, 0.05) is 31.0 Å². The Labute approximate surface area is 137 Å². The highest BCUT2D eigenvalue weighted by molar-refractivity contribution is 5.84. The van der Waals surface area contributed by atoms with E-state index in [0.29, 0.717) is 12.6 Å². The van der Waals surface area contributed by atoms with Crippen molar-refractivity contribution in [1.29, 1.82) is 0 Å². The second kappa shape index (κ2) is 7.29. The molecule has 0 aliphatic carbocycles. The lowest BCUT2D eigenvalue weighted by molar-refractivity contribution is -0.130.